The van der Waals surface area contributed by atoms with Crippen molar-refractivity contribution in [2.75, 3.05) is 6.54 Å². The second-order valence-electron chi connectivity index (χ2n) is 5.33. The first-order valence-electron chi connectivity index (χ1n) is 6.34. The maximum atomic E-state index is 11.9. The normalized spacial score (nSPS) is 31.7. The molecule has 15 heavy (non-hydrogen) atoms. The first-order valence-corrected chi connectivity index (χ1v) is 6.34. The van der Waals surface area contributed by atoms with E-state index in [1.165, 1.54) is 12.8 Å². The quantitative estimate of drug-likeness (QED) is 0.764. The predicted octanol–water partition coefficient (Wildman–Crippen LogP) is 2.83. The lowest BCUT2D eigenvalue weighted by Gasteiger charge is -2.36. The molecule has 0 bridgehead atoms. The van der Waals surface area contributed by atoms with E-state index in [9.17, 15) is 4.79 Å². The Balaban J connectivity index is 2.65. The number of hydrogen-bond acceptors (Lipinski definition) is 1. The summed E-state index contributed by atoms with van der Waals surface area (Å²) in [4.78, 5) is 11.9. The molecular formula is C13H25NO. The van der Waals surface area contributed by atoms with E-state index >= 15 is 0 Å². The Bertz CT molecular complexity index is 213. The van der Waals surface area contributed by atoms with Gasteiger partial charge in [0, 0.05) is 12.5 Å². The fraction of sp³-hybridized carbons (Fsp3) is 0.923. The Labute approximate surface area is 93.8 Å². The lowest BCUT2D eigenvalue weighted by molar-refractivity contribution is -0.129. The van der Waals surface area contributed by atoms with Crippen molar-refractivity contribution in [3.8, 4) is 0 Å². The summed E-state index contributed by atoms with van der Waals surface area (Å²) in [6, 6.07) is 0. The molecule has 0 spiro atoms. The molecule has 0 aromatic heterocycles. The Kier molecular flexibility index (Phi) is 4.62. The molecule has 1 rings (SSSR count). The van der Waals surface area contributed by atoms with Gasteiger partial charge in [0.2, 0.25) is 5.91 Å². The van der Waals surface area contributed by atoms with Crippen molar-refractivity contribution in [3.63, 3.8) is 0 Å². The van der Waals surface area contributed by atoms with Crippen LogP contribution in [0.4, 0.5) is 0 Å². The molecule has 0 saturated heterocycles. The second-order valence-corrected chi connectivity index (χ2v) is 5.33. The molecule has 1 saturated carbocycles. The number of hydrogen-bond donors (Lipinski definition) is 1. The van der Waals surface area contributed by atoms with Crippen molar-refractivity contribution < 1.29 is 4.79 Å². The zero-order valence-corrected chi connectivity index (χ0v) is 10.5. The molecule has 0 unspecified atom stereocenters. The van der Waals surface area contributed by atoms with Gasteiger partial charge >= 0.3 is 0 Å². The SMILES string of the molecule is CCNC(=O)[C@@H]1C[C@H](C)CC[C@H]1C(C)C. The summed E-state index contributed by atoms with van der Waals surface area (Å²) in [7, 11) is 0. The molecule has 1 N–H and O–H groups in total. The van der Waals surface area contributed by atoms with Crippen molar-refractivity contribution >= 4 is 5.91 Å². The van der Waals surface area contributed by atoms with E-state index in [1.54, 1.807) is 0 Å². The van der Waals surface area contributed by atoms with E-state index < -0.39 is 0 Å². The highest BCUT2D eigenvalue weighted by atomic mass is 16.1. The summed E-state index contributed by atoms with van der Waals surface area (Å²) < 4.78 is 0. The Morgan fingerprint density at radius 1 is 1.40 bits per heavy atom. The number of amides is 1. The highest BCUT2D eigenvalue weighted by molar-refractivity contribution is 5.79. The summed E-state index contributed by atoms with van der Waals surface area (Å²) in [5.74, 6) is 2.47. The van der Waals surface area contributed by atoms with Crippen molar-refractivity contribution in [1.82, 2.24) is 5.32 Å². The van der Waals surface area contributed by atoms with Gasteiger partial charge in [-0.25, -0.2) is 0 Å². The fourth-order valence-electron chi connectivity index (χ4n) is 2.81. The van der Waals surface area contributed by atoms with Crippen LogP contribution in [0, 0.1) is 23.7 Å². The average molecular weight is 211 g/mol. The lowest BCUT2D eigenvalue weighted by Crippen LogP contribution is -2.40. The molecule has 3 atom stereocenters. The van der Waals surface area contributed by atoms with Crippen molar-refractivity contribution in [2.24, 2.45) is 23.7 Å². The topological polar surface area (TPSA) is 29.1 Å². The van der Waals surface area contributed by atoms with Crippen LogP contribution in [0.25, 0.3) is 0 Å². The zero-order valence-electron chi connectivity index (χ0n) is 10.5. The van der Waals surface area contributed by atoms with Crippen molar-refractivity contribution in [3.05, 3.63) is 0 Å². The van der Waals surface area contributed by atoms with Crippen LogP contribution in [0.1, 0.15) is 47.0 Å². The Morgan fingerprint density at radius 2 is 2.07 bits per heavy atom. The maximum absolute atomic E-state index is 11.9. The highest BCUT2D eigenvalue weighted by Gasteiger charge is 2.34. The summed E-state index contributed by atoms with van der Waals surface area (Å²) in [6.07, 6.45) is 3.59. The third-order valence-corrected chi connectivity index (χ3v) is 3.71. The van der Waals surface area contributed by atoms with Crippen LogP contribution in [0.15, 0.2) is 0 Å². The van der Waals surface area contributed by atoms with Crippen molar-refractivity contribution in [2.45, 2.75) is 47.0 Å². The van der Waals surface area contributed by atoms with Gasteiger partial charge in [0.1, 0.15) is 0 Å². The molecule has 0 aromatic carbocycles. The van der Waals surface area contributed by atoms with Gasteiger partial charge in [0.25, 0.3) is 0 Å². The number of rotatable bonds is 3. The van der Waals surface area contributed by atoms with E-state index in [4.69, 9.17) is 0 Å². The molecule has 1 aliphatic carbocycles. The fourth-order valence-corrected chi connectivity index (χ4v) is 2.81. The second kappa shape index (κ2) is 5.53. The average Bonchev–Trinajstić information content (AvgIpc) is 2.17. The summed E-state index contributed by atoms with van der Waals surface area (Å²) >= 11 is 0. The standard InChI is InChI=1S/C13H25NO/c1-5-14-13(15)12-8-10(4)6-7-11(12)9(2)3/h9-12H,5-8H2,1-4H3,(H,14,15)/t10-,11+,12-/m1/s1. The minimum atomic E-state index is 0.258. The van der Waals surface area contributed by atoms with E-state index in [-0.39, 0.29) is 11.8 Å². The third kappa shape index (κ3) is 3.22. The van der Waals surface area contributed by atoms with Crippen LogP contribution < -0.4 is 5.32 Å². The van der Waals surface area contributed by atoms with Gasteiger partial charge < -0.3 is 5.32 Å². The van der Waals surface area contributed by atoms with Gasteiger partial charge in [-0.1, -0.05) is 27.2 Å². The smallest absolute Gasteiger partial charge is 0.223 e. The highest BCUT2D eigenvalue weighted by Crippen LogP contribution is 2.37. The zero-order chi connectivity index (χ0) is 11.4. The molecule has 0 heterocycles. The van der Waals surface area contributed by atoms with Gasteiger partial charge in [0.15, 0.2) is 0 Å². The Morgan fingerprint density at radius 3 is 2.60 bits per heavy atom. The molecule has 1 aliphatic rings. The summed E-state index contributed by atoms with van der Waals surface area (Å²) in [6.45, 7) is 9.51. The van der Waals surface area contributed by atoms with E-state index in [0.29, 0.717) is 17.8 Å². The van der Waals surface area contributed by atoms with E-state index in [1.807, 2.05) is 6.92 Å². The lowest BCUT2D eigenvalue weighted by atomic mass is 9.70. The van der Waals surface area contributed by atoms with Crippen LogP contribution in [0.5, 0.6) is 0 Å². The molecule has 88 valence electrons. The predicted molar refractivity (Wildman–Crippen MR) is 63.5 cm³/mol. The van der Waals surface area contributed by atoms with E-state index in [2.05, 4.69) is 26.1 Å². The minimum Gasteiger partial charge on any atom is -0.356 e. The van der Waals surface area contributed by atoms with Gasteiger partial charge in [-0.15, -0.1) is 0 Å². The van der Waals surface area contributed by atoms with Crippen LogP contribution in [-0.2, 0) is 4.79 Å². The minimum absolute atomic E-state index is 0.258. The van der Waals surface area contributed by atoms with Crippen LogP contribution in [0.3, 0.4) is 0 Å². The van der Waals surface area contributed by atoms with Gasteiger partial charge in [-0.2, -0.15) is 0 Å². The first-order chi connectivity index (χ1) is 7.06. The van der Waals surface area contributed by atoms with Crippen LogP contribution in [0.2, 0.25) is 0 Å². The first kappa shape index (κ1) is 12.5. The molecule has 0 radical (unpaired) electrons. The third-order valence-electron chi connectivity index (χ3n) is 3.71. The maximum Gasteiger partial charge on any atom is 0.223 e. The molecule has 0 aliphatic heterocycles. The van der Waals surface area contributed by atoms with Crippen LogP contribution in [-0.4, -0.2) is 12.5 Å². The summed E-state index contributed by atoms with van der Waals surface area (Å²) in [5, 5.41) is 2.98. The number of carbonyl (C=O) groups is 1. The van der Waals surface area contributed by atoms with Gasteiger partial charge in [-0.05, 0) is 37.5 Å². The molecule has 2 heteroatoms. The molecular weight excluding hydrogens is 186 g/mol. The van der Waals surface area contributed by atoms with Crippen LogP contribution >= 0.6 is 0 Å². The Hall–Kier alpha value is -0.530. The van der Waals surface area contributed by atoms with Gasteiger partial charge in [0.05, 0.1) is 0 Å². The number of carbonyl (C=O) groups excluding carboxylic acids is 1. The van der Waals surface area contributed by atoms with Crippen molar-refractivity contribution in [1.29, 1.82) is 0 Å². The molecule has 0 aromatic rings. The van der Waals surface area contributed by atoms with E-state index in [0.717, 1.165) is 13.0 Å². The van der Waals surface area contributed by atoms with Gasteiger partial charge in [-0.3, -0.25) is 4.79 Å². The summed E-state index contributed by atoms with van der Waals surface area (Å²) in [5.41, 5.74) is 0. The monoisotopic (exact) mass is 211 g/mol. The molecule has 1 fully saturated rings. The largest absolute Gasteiger partial charge is 0.356 e. The number of nitrogens with one attached hydrogen (secondary N) is 1. The molecule has 2 nitrogen and oxygen atoms in total. The molecule has 1 amide bonds.